The van der Waals surface area contributed by atoms with E-state index in [1.165, 1.54) is 64.6 Å². The van der Waals surface area contributed by atoms with E-state index in [0.29, 0.717) is 0 Å². The van der Waals surface area contributed by atoms with Crippen molar-refractivity contribution in [1.29, 1.82) is 0 Å². The fourth-order valence-corrected chi connectivity index (χ4v) is 3.56. The molecule has 2 heteroatoms. The van der Waals surface area contributed by atoms with Gasteiger partial charge in [-0.2, -0.15) is 0 Å². The molecule has 2 atom stereocenters. The second-order valence-corrected chi connectivity index (χ2v) is 6.01. The predicted octanol–water partition coefficient (Wildman–Crippen LogP) is 3.03. The number of rotatable bonds is 4. The molecular weight excluding hydrogens is 208 g/mol. The largest absolute Gasteiger partial charge is 0.311 e. The summed E-state index contributed by atoms with van der Waals surface area (Å²) in [7, 11) is 0. The average Bonchev–Trinajstić information content (AvgIpc) is 2.40. The summed E-state index contributed by atoms with van der Waals surface area (Å²) in [5.74, 6) is 0.997. The molecule has 0 aromatic rings. The van der Waals surface area contributed by atoms with Gasteiger partial charge in [-0.15, -0.1) is 0 Å². The molecule has 1 saturated heterocycles. The van der Waals surface area contributed by atoms with Gasteiger partial charge in [0.2, 0.25) is 0 Å². The Bertz CT molecular complexity index is 209. The van der Waals surface area contributed by atoms with E-state index in [0.717, 1.165) is 18.0 Å². The zero-order valence-electron chi connectivity index (χ0n) is 11.8. The van der Waals surface area contributed by atoms with Crippen LogP contribution in [0.2, 0.25) is 0 Å². The number of nitrogens with one attached hydrogen (secondary N) is 1. The van der Waals surface area contributed by atoms with Crippen LogP contribution in [0.25, 0.3) is 0 Å². The summed E-state index contributed by atoms with van der Waals surface area (Å²) in [6.45, 7) is 8.47. The first kappa shape index (κ1) is 13.4. The van der Waals surface area contributed by atoms with Gasteiger partial charge in [-0.3, -0.25) is 0 Å². The van der Waals surface area contributed by atoms with Gasteiger partial charge in [0, 0.05) is 12.1 Å². The summed E-state index contributed by atoms with van der Waals surface area (Å²) in [5, 5.41) is 3.94. The molecule has 0 spiro atoms. The summed E-state index contributed by atoms with van der Waals surface area (Å²) < 4.78 is 0. The molecule has 1 aliphatic carbocycles. The van der Waals surface area contributed by atoms with Crippen molar-refractivity contribution >= 4 is 0 Å². The lowest BCUT2D eigenvalue weighted by Crippen LogP contribution is -2.47. The molecule has 1 N–H and O–H groups in total. The minimum Gasteiger partial charge on any atom is -0.311 e. The van der Waals surface area contributed by atoms with Crippen LogP contribution < -0.4 is 5.32 Å². The fourth-order valence-electron chi connectivity index (χ4n) is 3.56. The second kappa shape index (κ2) is 6.75. The molecule has 0 amide bonds. The van der Waals surface area contributed by atoms with Crippen molar-refractivity contribution in [3.63, 3.8) is 0 Å². The number of hydrogen-bond acceptors (Lipinski definition) is 2. The van der Waals surface area contributed by atoms with Crippen LogP contribution in [0, 0.1) is 5.92 Å². The minimum absolute atomic E-state index is 0.804. The topological polar surface area (TPSA) is 15.3 Å². The molecule has 0 bridgehead atoms. The van der Waals surface area contributed by atoms with Gasteiger partial charge in [0.25, 0.3) is 0 Å². The van der Waals surface area contributed by atoms with Crippen LogP contribution in [-0.2, 0) is 0 Å². The Morgan fingerprint density at radius 1 is 1.00 bits per heavy atom. The van der Waals surface area contributed by atoms with Crippen molar-refractivity contribution in [2.24, 2.45) is 5.92 Å². The lowest BCUT2D eigenvalue weighted by atomic mass is 9.83. The summed E-state index contributed by atoms with van der Waals surface area (Å²) in [6.07, 6.45) is 9.89. The number of hydrogen-bond donors (Lipinski definition) is 1. The van der Waals surface area contributed by atoms with Crippen LogP contribution in [0.15, 0.2) is 0 Å². The number of likely N-dealkylation sites (tertiary alicyclic amines) is 1. The van der Waals surface area contributed by atoms with Gasteiger partial charge in [-0.05, 0) is 51.2 Å². The maximum atomic E-state index is 3.94. The van der Waals surface area contributed by atoms with Crippen molar-refractivity contribution in [3.8, 4) is 0 Å². The Labute approximate surface area is 107 Å². The van der Waals surface area contributed by atoms with Crippen molar-refractivity contribution in [1.82, 2.24) is 10.2 Å². The maximum Gasteiger partial charge on any atom is 0.00940 e. The van der Waals surface area contributed by atoms with E-state index in [4.69, 9.17) is 0 Å². The quantitative estimate of drug-likeness (QED) is 0.810. The molecule has 0 aromatic heterocycles. The highest BCUT2D eigenvalue weighted by Gasteiger charge is 2.24. The minimum atomic E-state index is 0.804. The first-order valence-electron chi connectivity index (χ1n) is 7.80. The second-order valence-electron chi connectivity index (χ2n) is 6.01. The molecule has 100 valence electrons. The van der Waals surface area contributed by atoms with E-state index in [-0.39, 0.29) is 0 Å². The van der Waals surface area contributed by atoms with Crippen LogP contribution in [-0.4, -0.2) is 36.6 Å². The first-order chi connectivity index (χ1) is 8.31. The van der Waals surface area contributed by atoms with Crippen molar-refractivity contribution in [2.45, 2.75) is 70.9 Å². The highest BCUT2D eigenvalue weighted by molar-refractivity contribution is 4.83. The van der Waals surface area contributed by atoms with E-state index in [9.17, 15) is 0 Å². The van der Waals surface area contributed by atoms with Gasteiger partial charge in [-0.1, -0.05) is 33.1 Å². The third-order valence-corrected chi connectivity index (χ3v) is 4.87. The molecule has 2 fully saturated rings. The van der Waals surface area contributed by atoms with E-state index in [1.54, 1.807) is 0 Å². The van der Waals surface area contributed by atoms with Gasteiger partial charge in [0.1, 0.15) is 0 Å². The Morgan fingerprint density at radius 2 is 1.76 bits per heavy atom. The summed E-state index contributed by atoms with van der Waals surface area (Å²) in [4.78, 5) is 2.58. The van der Waals surface area contributed by atoms with E-state index >= 15 is 0 Å². The Kier molecular flexibility index (Phi) is 5.30. The molecule has 2 rings (SSSR count). The van der Waals surface area contributed by atoms with Gasteiger partial charge < -0.3 is 10.2 Å². The third kappa shape index (κ3) is 3.96. The van der Waals surface area contributed by atoms with Crippen LogP contribution in [0.5, 0.6) is 0 Å². The maximum absolute atomic E-state index is 3.94. The smallest absolute Gasteiger partial charge is 0.00940 e. The van der Waals surface area contributed by atoms with E-state index in [1.807, 2.05) is 0 Å². The standard InChI is InChI=1S/C15H30N2/c1-3-13-6-5-7-15(12-13)16-14-8-10-17(4-2)11-9-14/h13-16H,3-12H2,1-2H3. The fraction of sp³-hybridized carbons (Fsp3) is 1.00. The zero-order chi connectivity index (χ0) is 12.1. The molecule has 17 heavy (non-hydrogen) atoms. The summed E-state index contributed by atoms with van der Waals surface area (Å²) >= 11 is 0. The average molecular weight is 238 g/mol. The third-order valence-electron chi connectivity index (χ3n) is 4.87. The molecule has 2 nitrogen and oxygen atoms in total. The van der Waals surface area contributed by atoms with Crippen LogP contribution >= 0.6 is 0 Å². The SMILES string of the molecule is CCC1CCCC(NC2CCN(CC)CC2)C1. The molecule has 0 radical (unpaired) electrons. The molecule has 2 unspecified atom stereocenters. The Morgan fingerprint density at radius 3 is 2.41 bits per heavy atom. The molecule has 1 saturated carbocycles. The van der Waals surface area contributed by atoms with Gasteiger partial charge in [0.15, 0.2) is 0 Å². The molecule has 2 aliphatic rings. The van der Waals surface area contributed by atoms with Crippen molar-refractivity contribution < 1.29 is 0 Å². The normalized spacial score (nSPS) is 32.8. The number of piperidine rings is 1. The highest BCUT2D eigenvalue weighted by atomic mass is 15.1. The molecular formula is C15H30N2. The Hall–Kier alpha value is -0.0800. The highest BCUT2D eigenvalue weighted by Crippen LogP contribution is 2.27. The van der Waals surface area contributed by atoms with E-state index < -0.39 is 0 Å². The first-order valence-corrected chi connectivity index (χ1v) is 7.80. The van der Waals surface area contributed by atoms with Gasteiger partial charge >= 0.3 is 0 Å². The number of nitrogens with zero attached hydrogens (tertiary/aromatic N) is 1. The molecule has 0 aromatic carbocycles. The van der Waals surface area contributed by atoms with Crippen molar-refractivity contribution in [2.75, 3.05) is 19.6 Å². The lowest BCUT2D eigenvalue weighted by Gasteiger charge is -2.36. The van der Waals surface area contributed by atoms with Gasteiger partial charge in [0.05, 0.1) is 0 Å². The lowest BCUT2D eigenvalue weighted by molar-refractivity contribution is 0.181. The van der Waals surface area contributed by atoms with Crippen LogP contribution in [0.1, 0.15) is 58.8 Å². The van der Waals surface area contributed by atoms with Gasteiger partial charge in [-0.25, -0.2) is 0 Å². The van der Waals surface area contributed by atoms with Crippen LogP contribution in [0.4, 0.5) is 0 Å². The molecule has 1 aliphatic heterocycles. The van der Waals surface area contributed by atoms with Crippen LogP contribution in [0.3, 0.4) is 0 Å². The monoisotopic (exact) mass is 238 g/mol. The van der Waals surface area contributed by atoms with Crippen molar-refractivity contribution in [3.05, 3.63) is 0 Å². The summed E-state index contributed by atoms with van der Waals surface area (Å²) in [6, 6.07) is 1.63. The molecule has 1 heterocycles. The van der Waals surface area contributed by atoms with E-state index in [2.05, 4.69) is 24.1 Å². The zero-order valence-corrected chi connectivity index (χ0v) is 11.8. The summed E-state index contributed by atoms with van der Waals surface area (Å²) in [5.41, 5.74) is 0. The predicted molar refractivity (Wildman–Crippen MR) is 74.3 cm³/mol. The Balaban J connectivity index is 1.70.